The van der Waals surface area contributed by atoms with Gasteiger partial charge in [0.25, 0.3) is 0 Å². The van der Waals surface area contributed by atoms with E-state index in [1.54, 1.807) is 41.5 Å². The Kier molecular flexibility index (Phi) is 5.71. The molecule has 0 aliphatic carbocycles. The molecule has 0 bridgehead atoms. The fraction of sp³-hybridized carbons (Fsp3) is 0.167. The van der Waals surface area contributed by atoms with E-state index in [4.69, 9.17) is 4.74 Å². The van der Waals surface area contributed by atoms with Crippen LogP contribution in [0, 0.1) is 0 Å². The van der Waals surface area contributed by atoms with Crippen molar-refractivity contribution in [3.63, 3.8) is 0 Å². The Morgan fingerprint density at radius 1 is 1.25 bits per heavy atom. The first kappa shape index (κ1) is 19.5. The first-order valence-corrected chi connectivity index (χ1v) is 9.77. The third kappa shape index (κ3) is 4.53. The lowest BCUT2D eigenvalue weighted by Crippen LogP contribution is -2.23. The molecule has 0 saturated carbocycles. The van der Waals surface area contributed by atoms with Gasteiger partial charge in [-0.25, -0.2) is 22.8 Å². The molecule has 10 heteroatoms. The number of methoxy groups -OCH3 is 1. The number of hydrogen-bond acceptors (Lipinski definition) is 6. The highest BCUT2D eigenvalue weighted by Crippen LogP contribution is 2.27. The molecule has 0 aliphatic heterocycles. The normalized spacial score (nSPS) is 11.2. The van der Waals surface area contributed by atoms with Gasteiger partial charge in [-0.3, -0.25) is 4.79 Å². The minimum atomic E-state index is -3.80. The zero-order valence-electron chi connectivity index (χ0n) is 15.3. The zero-order chi connectivity index (χ0) is 20.1. The van der Waals surface area contributed by atoms with Gasteiger partial charge in [0, 0.05) is 32.1 Å². The molecule has 0 atom stereocenters. The minimum Gasteiger partial charge on any atom is -0.495 e. The number of hydrogen-bond donors (Lipinski definition) is 2. The standard InChI is InChI=1S/C18H19N5O4S/c1-13(24)22-16-10-15(5-6-17(16)27-2)28(25,26)21-12-14-4-7-18(19-11-14)23-9-3-8-20-23/h3-11,21H,12H2,1-2H3,(H,22,24). The average Bonchev–Trinajstić information content (AvgIpc) is 3.21. The molecule has 2 N–H and O–H groups in total. The molecule has 2 aromatic heterocycles. The Labute approximate surface area is 162 Å². The van der Waals surface area contributed by atoms with E-state index in [0.29, 0.717) is 17.1 Å². The summed E-state index contributed by atoms with van der Waals surface area (Å²) in [6, 6.07) is 9.55. The van der Waals surface area contributed by atoms with Crippen LogP contribution in [0.25, 0.3) is 5.82 Å². The van der Waals surface area contributed by atoms with Gasteiger partial charge >= 0.3 is 0 Å². The predicted molar refractivity (Wildman–Crippen MR) is 103 cm³/mol. The Balaban J connectivity index is 1.74. The summed E-state index contributed by atoms with van der Waals surface area (Å²) >= 11 is 0. The number of sulfonamides is 1. The maximum absolute atomic E-state index is 12.6. The van der Waals surface area contributed by atoms with Crippen LogP contribution in [0.3, 0.4) is 0 Å². The van der Waals surface area contributed by atoms with Crippen LogP contribution in [0.15, 0.2) is 59.9 Å². The van der Waals surface area contributed by atoms with Crippen LogP contribution in [-0.2, 0) is 21.4 Å². The lowest BCUT2D eigenvalue weighted by Gasteiger charge is -2.12. The number of aromatic nitrogens is 3. The summed E-state index contributed by atoms with van der Waals surface area (Å²) < 4.78 is 34.5. The molecular formula is C18H19N5O4S. The van der Waals surface area contributed by atoms with Crippen LogP contribution in [0.4, 0.5) is 5.69 Å². The lowest BCUT2D eigenvalue weighted by atomic mass is 10.3. The summed E-state index contributed by atoms with van der Waals surface area (Å²) in [5.41, 5.74) is 0.971. The van der Waals surface area contributed by atoms with Gasteiger partial charge in [-0.05, 0) is 35.9 Å². The summed E-state index contributed by atoms with van der Waals surface area (Å²) in [4.78, 5) is 15.6. The fourth-order valence-corrected chi connectivity index (χ4v) is 3.51. The van der Waals surface area contributed by atoms with Crippen molar-refractivity contribution in [1.82, 2.24) is 19.5 Å². The highest BCUT2D eigenvalue weighted by atomic mass is 32.2. The smallest absolute Gasteiger partial charge is 0.240 e. The SMILES string of the molecule is COc1ccc(S(=O)(=O)NCc2ccc(-n3cccn3)nc2)cc1NC(C)=O. The number of carbonyl (C=O) groups is 1. The van der Waals surface area contributed by atoms with Crippen molar-refractivity contribution in [2.24, 2.45) is 0 Å². The van der Waals surface area contributed by atoms with Gasteiger partial charge in [0.15, 0.2) is 5.82 Å². The van der Waals surface area contributed by atoms with Crippen LogP contribution in [-0.4, -0.2) is 36.2 Å². The van der Waals surface area contributed by atoms with Gasteiger partial charge in [0.1, 0.15) is 5.75 Å². The van der Waals surface area contributed by atoms with Crippen molar-refractivity contribution < 1.29 is 17.9 Å². The van der Waals surface area contributed by atoms with E-state index in [2.05, 4.69) is 20.1 Å². The van der Waals surface area contributed by atoms with Gasteiger partial charge in [-0.1, -0.05) is 6.07 Å². The maximum Gasteiger partial charge on any atom is 0.240 e. The first-order chi connectivity index (χ1) is 13.4. The lowest BCUT2D eigenvalue weighted by molar-refractivity contribution is -0.114. The summed E-state index contributed by atoms with van der Waals surface area (Å²) in [6.45, 7) is 1.40. The molecule has 9 nitrogen and oxygen atoms in total. The molecular weight excluding hydrogens is 382 g/mol. The van der Waals surface area contributed by atoms with Crippen LogP contribution in [0.5, 0.6) is 5.75 Å². The largest absolute Gasteiger partial charge is 0.495 e. The topological polar surface area (TPSA) is 115 Å². The van der Waals surface area contributed by atoms with Gasteiger partial charge in [0.2, 0.25) is 15.9 Å². The molecule has 0 aliphatic rings. The Hall–Kier alpha value is -3.24. The van der Waals surface area contributed by atoms with Crippen molar-refractivity contribution in [2.45, 2.75) is 18.4 Å². The van der Waals surface area contributed by atoms with Gasteiger partial charge < -0.3 is 10.1 Å². The second-order valence-corrected chi connectivity index (χ2v) is 7.61. The molecule has 146 valence electrons. The van der Waals surface area contributed by atoms with E-state index in [9.17, 15) is 13.2 Å². The molecule has 3 rings (SSSR count). The summed E-state index contributed by atoms with van der Waals surface area (Å²) in [7, 11) is -2.36. The van der Waals surface area contributed by atoms with E-state index >= 15 is 0 Å². The van der Waals surface area contributed by atoms with Gasteiger partial charge in [-0.15, -0.1) is 0 Å². The summed E-state index contributed by atoms with van der Waals surface area (Å²) in [5.74, 6) is 0.670. The molecule has 0 spiro atoms. The first-order valence-electron chi connectivity index (χ1n) is 8.29. The van der Waals surface area contributed by atoms with Crippen LogP contribution >= 0.6 is 0 Å². The number of rotatable bonds is 7. The monoisotopic (exact) mass is 401 g/mol. The van der Waals surface area contributed by atoms with Crippen molar-refractivity contribution in [3.8, 4) is 11.6 Å². The number of anilines is 1. The molecule has 0 fully saturated rings. The number of nitrogens with one attached hydrogen (secondary N) is 2. The fourth-order valence-electron chi connectivity index (χ4n) is 2.46. The number of pyridine rings is 1. The van der Waals surface area contributed by atoms with Crippen LogP contribution < -0.4 is 14.8 Å². The summed E-state index contributed by atoms with van der Waals surface area (Å²) in [5, 5.41) is 6.64. The zero-order valence-corrected chi connectivity index (χ0v) is 16.1. The number of ether oxygens (including phenoxy) is 1. The van der Waals surface area contributed by atoms with E-state index in [1.165, 1.54) is 32.2 Å². The number of amides is 1. The number of carbonyl (C=O) groups excluding carboxylic acids is 1. The van der Waals surface area contributed by atoms with E-state index < -0.39 is 10.0 Å². The third-order valence-electron chi connectivity index (χ3n) is 3.81. The van der Waals surface area contributed by atoms with Crippen LogP contribution in [0.2, 0.25) is 0 Å². The van der Waals surface area contributed by atoms with Crippen molar-refractivity contribution >= 4 is 21.6 Å². The molecule has 2 heterocycles. The summed E-state index contributed by atoms with van der Waals surface area (Å²) in [6.07, 6.45) is 4.99. The molecule has 0 saturated heterocycles. The molecule has 28 heavy (non-hydrogen) atoms. The van der Waals surface area contributed by atoms with Crippen molar-refractivity contribution in [1.29, 1.82) is 0 Å². The molecule has 0 radical (unpaired) electrons. The van der Waals surface area contributed by atoms with E-state index in [0.717, 1.165) is 0 Å². The van der Waals surface area contributed by atoms with Crippen molar-refractivity contribution in [2.75, 3.05) is 12.4 Å². The molecule has 0 unspecified atom stereocenters. The molecule has 1 amide bonds. The molecule has 1 aromatic carbocycles. The molecule has 3 aromatic rings. The third-order valence-corrected chi connectivity index (χ3v) is 5.21. The second-order valence-electron chi connectivity index (χ2n) is 5.84. The minimum absolute atomic E-state index is 0.0122. The quantitative estimate of drug-likeness (QED) is 0.623. The van der Waals surface area contributed by atoms with Gasteiger partial charge in [0.05, 0.1) is 17.7 Å². The average molecular weight is 401 g/mol. The predicted octanol–water partition coefficient (Wildman–Crippen LogP) is 1.71. The van der Waals surface area contributed by atoms with Gasteiger partial charge in [-0.2, -0.15) is 5.10 Å². The van der Waals surface area contributed by atoms with Crippen molar-refractivity contribution in [3.05, 3.63) is 60.6 Å². The highest BCUT2D eigenvalue weighted by molar-refractivity contribution is 7.89. The Morgan fingerprint density at radius 2 is 2.07 bits per heavy atom. The van der Waals surface area contributed by atoms with E-state index in [1.807, 2.05) is 0 Å². The van der Waals surface area contributed by atoms with Crippen LogP contribution in [0.1, 0.15) is 12.5 Å². The Morgan fingerprint density at radius 3 is 2.68 bits per heavy atom. The van der Waals surface area contributed by atoms with E-state index in [-0.39, 0.29) is 23.0 Å². The number of benzene rings is 1. The maximum atomic E-state index is 12.6. The second kappa shape index (κ2) is 8.19. The Bertz CT molecular complexity index is 1060. The highest BCUT2D eigenvalue weighted by Gasteiger charge is 2.17. The number of nitrogens with zero attached hydrogens (tertiary/aromatic N) is 3.